The minimum absolute atomic E-state index is 0. The molecule has 1 saturated heterocycles. The van der Waals surface area contributed by atoms with Gasteiger partial charge in [0.05, 0.1) is 5.56 Å². The number of carbonyl (C=O) groups excluding carboxylic acids is 1. The van der Waals surface area contributed by atoms with E-state index >= 15 is 0 Å². The van der Waals surface area contributed by atoms with Crippen molar-refractivity contribution in [3.63, 3.8) is 0 Å². The topological polar surface area (TPSA) is 93.4 Å². The van der Waals surface area contributed by atoms with E-state index in [4.69, 9.17) is 15.5 Å². The number of nitrogens with zero attached hydrogens (tertiary/aromatic N) is 3. The van der Waals surface area contributed by atoms with Gasteiger partial charge in [0.25, 0.3) is 0 Å². The number of anilines is 2. The van der Waals surface area contributed by atoms with Crippen LogP contribution in [0.4, 0.5) is 11.6 Å². The number of ether oxygens (including phenoxy) is 1. The van der Waals surface area contributed by atoms with E-state index in [9.17, 15) is 4.79 Å². The van der Waals surface area contributed by atoms with Gasteiger partial charge in [-0.2, -0.15) is 0 Å². The maximum Gasteiger partial charge on any atom is 0.215 e. The summed E-state index contributed by atoms with van der Waals surface area (Å²) < 4.78 is 5.90. The molecular formula is C33H35N5O2. The van der Waals surface area contributed by atoms with Crippen LogP contribution in [0, 0.1) is 0 Å². The largest absolute Gasteiger partial charge is 0.457 e. The Morgan fingerprint density at radius 3 is 2.38 bits per heavy atom. The first-order valence-corrected chi connectivity index (χ1v) is 13.3. The maximum absolute atomic E-state index is 13.6. The minimum Gasteiger partial charge on any atom is -0.457 e. The van der Waals surface area contributed by atoms with Crippen molar-refractivity contribution in [2.45, 2.75) is 6.04 Å². The van der Waals surface area contributed by atoms with Crippen molar-refractivity contribution in [3.8, 4) is 22.6 Å². The summed E-state index contributed by atoms with van der Waals surface area (Å²) in [7, 11) is 0. The van der Waals surface area contributed by atoms with E-state index in [1.165, 1.54) is 5.56 Å². The van der Waals surface area contributed by atoms with Crippen molar-refractivity contribution >= 4 is 17.4 Å². The highest BCUT2D eigenvalue weighted by Crippen LogP contribution is 2.28. The standard InChI is InChI=1S/C33H29N5O2.3H2/c34-33-28(20-25(21-36-33)23-14-16-27(17-15-23)40-26-10-5-2-6-11-26)32(39)29-12-7-13-31(37-29)38-19-18-35-30(22-38)24-8-3-1-4-9-24;;;/h1-17,20-21,30,35H,18-19,22H2,(H2,34,36);3*1H. The highest BCUT2D eigenvalue weighted by atomic mass is 16.5. The first-order chi connectivity index (χ1) is 19.6. The highest BCUT2D eigenvalue weighted by molar-refractivity contribution is 6.11. The third-order valence-corrected chi connectivity index (χ3v) is 7.00. The molecule has 0 amide bonds. The summed E-state index contributed by atoms with van der Waals surface area (Å²) >= 11 is 0. The fourth-order valence-electron chi connectivity index (χ4n) is 4.89. The van der Waals surface area contributed by atoms with Crippen molar-refractivity contribution in [2.24, 2.45) is 0 Å². The van der Waals surface area contributed by atoms with Gasteiger partial charge >= 0.3 is 0 Å². The average molecular weight is 534 g/mol. The van der Waals surface area contributed by atoms with Gasteiger partial charge in [0.15, 0.2) is 0 Å². The van der Waals surface area contributed by atoms with E-state index in [2.05, 4.69) is 27.3 Å². The molecule has 5 aromatic rings. The number of nitrogens with one attached hydrogen (secondary N) is 1. The summed E-state index contributed by atoms with van der Waals surface area (Å²) in [6.07, 6.45) is 1.67. The number of rotatable bonds is 7. The number of piperazine rings is 1. The van der Waals surface area contributed by atoms with E-state index in [1.54, 1.807) is 18.3 Å². The van der Waals surface area contributed by atoms with Gasteiger partial charge in [-0.05, 0) is 53.6 Å². The summed E-state index contributed by atoms with van der Waals surface area (Å²) in [5, 5.41) is 3.57. The van der Waals surface area contributed by atoms with Gasteiger partial charge in [0, 0.05) is 41.7 Å². The van der Waals surface area contributed by atoms with Gasteiger partial charge in [-0.25, -0.2) is 9.97 Å². The molecule has 204 valence electrons. The molecule has 7 heteroatoms. The zero-order valence-corrected chi connectivity index (χ0v) is 21.9. The number of nitrogens with two attached hydrogens (primary N) is 1. The Balaban J connectivity index is 0.00000169. The third kappa shape index (κ3) is 5.55. The summed E-state index contributed by atoms with van der Waals surface area (Å²) in [6.45, 7) is 2.39. The molecule has 0 aliphatic carbocycles. The second kappa shape index (κ2) is 11.4. The van der Waals surface area contributed by atoms with Gasteiger partial charge in [-0.1, -0.05) is 66.7 Å². The molecule has 2 aromatic heterocycles. The van der Waals surface area contributed by atoms with Crippen molar-refractivity contribution < 1.29 is 13.8 Å². The molecule has 3 N–H and O–H groups in total. The molecular weight excluding hydrogens is 498 g/mol. The first-order valence-electron chi connectivity index (χ1n) is 13.3. The quantitative estimate of drug-likeness (QED) is 0.227. The van der Waals surface area contributed by atoms with E-state index in [-0.39, 0.29) is 21.9 Å². The van der Waals surface area contributed by atoms with Crippen molar-refractivity contribution in [2.75, 3.05) is 30.3 Å². The Morgan fingerprint density at radius 1 is 0.875 bits per heavy atom. The van der Waals surface area contributed by atoms with E-state index in [0.29, 0.717) is 11.3 Å². The molecule has 1 atom stereocenters. The molecule has 40 heavy (non-hydrogen) atoms. The number of nitrogen functional groups attached to an aromatic ring is 1. The average Bonchev–Trinajstić information content (AvgIpc) is 3.02. The van der Waals surface area contributed by atoms with Crippen LogP contribution in [0.25, 0.3) is 11.1 Å². The monoisotopic (exact) mass is 533 g/mol. The lowest BCUT2D eigenvalue weighted by Crippen LogP contribution is -2.46. The van der Waals surface area contributed by atoms with Gasteiger partial charge in [-0.15, -0.1) is 0 Å². The number of aromatic nitrogens is 2. The van der Waals surface area contributed by atoms with Crippen molar-refractivity contribution in [3.05, 3.63) is 132 Å². The molecule has 0 spiro atoms. The summed E-state index contributed by atoms with van der Waals surface area (Å²) in [6, 6.07) is 35.1. The zero-order valence-electron chi connectivity index (χ0n) is 21.9. The number of para-hydroxylation sites is 1. The van der Waals surface area contributed by atoms with Crippen LogP contribution in [0.1, 0.15) is 31.9 Å². The molecule has 1 aliphatic heterocycles. The lowest BCUT2D eigenvalue weighted by Gasteiger charge is -2.35. The fraction of sp³-hybridized carbons (Fsp3) is 0.121. The number of benzene rings is 3. The predicted octanol–water partition coefficient (Wildman–Crippen LogP) is 6.64. The van der Waals surface area contributed by atoms with E-state index < -0.39 is 0 Å². The lowest BCUT2D eigenvalue weighted by molar-refractivity contribution is 0.103. The number of pyridine rings is 2. The van der Waals surface area contributed by atoms with Crippen molar-refractivity contribution in [1.82, 2.24) is 15.3 Å². The Morgan fingerprint density at radius 2 is 1.60 bits per heavy atom. The Hall–Kier alpha value is -5.01. The highest BCUT2D eigenvalue weighted by Gasteiger charge is 2.23. The molecule has 1 aliphatic rings. The zero-order chi connectivity index (χ0) is 27.3. The van der Waals surface area contributed by atoms with Crippen LogP contribution in [0.5, 0.6) is 11.5 Å². The first kappa shape index (κ1) is 25.3. The molecule has 0 saturated carbocycles. The number of hydrogen-bond acceptors (Lipinski definition) is 7. The fourth-order valence-corrected chi connectivity index (χ4v) is 4.89. The van der Waals surface area contributed by atoms with Crippen LogP contribution in [0.3, 0.4) is 0 Å². The number of ketones is 1. The predicted molar refractivity (Wildman–Crippen MR) is 164 cm³/mol. The van der Waals surface area contributed by atoms with Crippen LogP contribution in [0.2, 0.25) is 0 Å². The van der Waals surface area contributed by atoms with Gasteiger partial charge in [0.2, 0.25) is 5.78 Å². The van der Waals surface area contributed by atoms with Crippen LogP contribution >= 0.6 is 0 Å². The summed E-state index contributed by atoms with van der Waals surface area (Å²) in [5.74, 6) is 2.18. The lowest BCUT2D eigenvalue weighted by atomic mass is 10.0. The minimum atomic E-state index is -0.257. The van der Waals surface area contributed by atoms with Crippen LogP contribution in [0.15, 0.2) is 115 Å². The van der Waals surface area contributed by atoms with E-state index in [1.807, 2.05) is 84.9 Å². The molecule has 3 heterocycles. The molecule has 3 aromatic carbocycles. The second-order valence-electron chi connectivity index (χ2n) is 9.67. The van der Waals surface area contributed by atoms with Crippen molar-refractivity contribution in [1.29, 1.82) is 0 Å². The Bertz CT molecular complexity index is 1620. The van der Waals surface area contributed by atoms with Crippen LogP contribution < -0.4 is 20.7 Å². The van der Waals surface area contributed by atoms with Crippen LogP contribution in [-0.2, 0) is 0 Å². The third-order valence-electron chi connectivity index (χ3n) is 7.00. The molecule has 6 rings (SSSR count). The molecule has 0 bridgehead atoms. The van der Waals surface area contributed by atoms with Gasteiger partial charge < -0.3 is 20.7 Å². The molecule has 1 unspecified atom stereocenters. The normalized spacial score (nSPS) is 15.0. The van der Waals surface area contributed by atoms with Gasteiger partial charge in [0.1, 0.15) is 28.8 Å². The smallest absolute Gasteiger partial charge is 0.215 e. The second-order valence-corrected chi connectivity index (χ2v) is 9.67. The Kier molecular flexibility index (Phi) is 7.20. The van der Waals surface area contributed by atoms with Crippen LogP contribution in [-0.4, -0.2) is 35.4 Å². The molecule has 1 fully saturated rings. The Labute approximate surface area is 237 Å². The van der Waals surface area contributed by atoms with E-state index in [0.717, 1.165) is 48.1 Å². The summed E-state index contributed by atoms with van der Waals surface area (Å²) in [5.41, 5.74) is 9.76. The molecule has 7 nitrogen and oxygen atoms in total. The maximum atomic E-state index is 13.6. The van der Waals surface area contributed by atoms with Gasteiger partial charge in [-0.3, -0.25) is 4.79 Å². The number of hydrogen-bond donors (Lipinski definition) is 2. The SMILES string of the molecule is Nc1ncc(-c2ccc(Oc3ccccc3)cc2)cc1C(=O)c1cccc(N2CCNC(c3ccccc3)C2)n1.[HH].[HH].[HH]. The summed E-state index contributed by atoms with van der Waals surface area (Å²) in [4.78, 5) is 24.9. The molecule has 0 radical (unpaired) electrons. The number of carbonyl (C=O) groups is 1.